The van der Waals surface area contributed by atoms with Crippen molar-refractivity contribution in [3.05, 3.63) is 52.8 Å². The minimum absolute atomic E-state index is 0.0508. The van der Waals surface area contributed by atoms with Gasteiger partial charge in [0.1, 0.15) is 17.3 Å². The maximum absolute atomic E-state index is 14.0. The Balaban J connectivity index is 2.13. The molecule has 0 saturated carbocycles. The summed E-state index contributed by atoms with van der Waals surface area (Å²) < 4.78 is 43.3. The second kappa shape index (κ2) is 11.1. The number of rotatable bonds is 10. The third-order valence-corrected chi connectivity index (χ3v) is 6.16. The molecule has 0 atom stereocenters. The molecule has 2 rings (SSSR count). The fourth-order valence-corrected chi connectivity index (χ4v) is 4.21. The molecule has 0 aliphatic carbocycles. The van der Waals surface area contributed by atoms with E-state index in [-0.39, 0.29) is 33.5 Å². The standard InChI is InChI=1S/C21H24ClFN2O5S/c1-3-4-5-10-31(28,29)13-20(26)24-15-7-9-19(30-2)18(12-15)25-21(27)16-8-6-14(22)11-17(16)23/h6-9,11-12H,3-5,10,13H2,1-2H3,(H,24,26)(H,25,27). The molecular formula is C21H24ClFN2O5S. The molecule has 0 aromatic heterocycles. The Morgan fingerprint density at radius 2 is 1.84 bits per heavy atom. The van der Waals surface area contributed by atoms with Gasteiger partial charge in [-0.25, -0.2) is 12.8 Å². The summed E-state index contributed by atoms with van der Waals surface area (Å²) in [7, 11) is -2.13. The van der Waals surface area contributed by atoms with E-state index in [1.807, 2.05) is 6.92 Å². The highest BCUT2D eigenvalue weighted by Crippen LogP contribution is 2.29. The molecule has 31 heavy (non-hydrogen) atoms. The first-order valence-corrected chi connectivity index (χ1v) is 11.8. The number of unbranched alkanes of at least 4 members (excludes halogenated alkanes) is 2. The molecule has 2 amide bonds. The minimum Gasteiger partial charge on any atom is -0.495 e. The van der Waals surface area contributed by atoms with Gasteiger partial charge in [-0.2, -0.15) is 0 Å². The second-order valence-corrected chi connectivity index (χ2v) is 9.46. The molecule has 2 aromatic carbocycles. The summed E-state index contributed by atoms with van der Waals surface area (Å²) >= 11 is 5.71. The lowest BCUT2D eigenvalue weighted by Crippen LogP contribution is -2.24. The van der Waals surface area contributed by atoms with Crippen molar-refractivity contribution in [2.75, 3.05) is 29.2 Å². The summed E-state index contributed by atoms with van der Waals surface area (Å²) in [6.45, 7) is 1.96. The van der Waals surface area contributed by atoms with E-state index in [0.29, 0.717) is 6.42 Å². The number of amides is 2. The first-order valence-electron chi connectivity index (χ1n) is 9.60. The molecule has 0 fully saturated rings. The van der Waals surface area contributed by atoms with Crippen LogP contribution in [0.15, 0.2) is 36.4 Å². The number of hydrogen-bond acceptors (Lipinski definition) is 5. The molecule has 2 aromatic rings. The number of benzene rings is 2. The van der Waals surface area contributed by atoms with Crippen LogP contribution in [-0.4, -0.2) is 38.8 Å². The number of methoxy groups -OCH3 is 1. The van der Waals surface area contributed by atoms with Crippen molar-refractivity contribution in [2.45, 2.75) is 26.2 Å². The maximum atomic E-state index is 14.0. The van der Waals surface area contributed by atoms with E-state index in [9.17, 15) is 22.4 Å². The molecule has 0 unspecified atom stereocenters. The predicted octanol–water partition coefficient (Wildman–Crippen LogP) is 4.28. The molecule has 0 bridgehead atoms. The van der Waals surface area contributed by atoms with E-state index in [0.717, 1.165) is 18.9 Å². The van der Waals surface area contributed by atoms with Crippen LogP contribution in [0.3, 0.4) is 0 Å². The van der Waals surface area contributed by atoms with Crippen molar-refractivity contribution in [3.8, 4) is 5.75 Å². The van der Waals surface area contributed by atoms with Crippen molar-refractivity contribution >= 4 is 44.6 Å². The van der Waals surface area contributed by atoms with Crippen LogP contribution in [0, 0.1) is 5.82 Å². The molecule has 0 heterocycles. The fraction of sp³-hybridized carbons (Fsp3) is 0.333. The third-order valence-electron chi connectivity index (χ3n) is 4.32. The zero-order chi connectivity index (χ0) is 23.0. The molecule has 0 aliphatic heterocycles. The van der Waals surface area contributed by atoms with E-state index in [4.69, 9.17) is 16.3 Å². The van der Waals surface area contributed by atoms with Gasteiger partial charge < -0.3 is 15.4 Å². The van der Waals surface area contributed by atoms with Gasteiger partial charge in [-0.3, -0.25) is 9.59 Å². The maximum Gasteiger partial charge on any atom is 0.258 e. The first-order chi connectivity index (χ1) is 14.6. The van der Waals surface area contributed by atoms with Gasteiger partial charge in [-0.05, 0) is 42.8 Å². The summed E-state index contributed by atoms with van der Waals surface area (Å²) in [4.78, 5) is 24.6. The summed E-state index contributed by atoms with van der Waals surface area (Å²) in [5, 5.41) is 5.17. The van der Waals surface area contributed by atoms with Gasteiger partial charge >= 0.3 is 0 Å². The Morgan fingerprint density at radius 3 is 2.48 bits per heavy atom. The molecule has 0 spiro atoms. The second-order valence-electron chi connectivity index (χ2n) is 6.84. The fourth-order valence-electron chi connectivity index (χ4n) is 2.79. The van der Waals surface area contributed by atoms with E-state index in [1.165, 1.54) is 37.4 Å². The van der Waals surface area contributed by atoms with Crippen LogP contribution >= 0.6 is 11.6 Å². The zero-order valence-electron chi connectivity index (χ0n) is 17.2. The molecular weight excluding hydrogens is 447 g/mol. The number of hydrogen-bond donors (Lipinski definition) is 2. The van der Waals surface area contributed by atoms with Crippen molar-refractivity contribution < 1.29 is 27.1 Å². The number of carbonyl (C=O) groups is 2. The van der Waals surface area contributed by atoms with Crippen LogP contribution < -0.4 is 15.4 Å². The highest BCUT2D eigenvalue weighted by atomic mass is 35.5. The van der Waals surface area contributed by atoms with Gasteiger partial charge in [0, 0.05) is 10.7 Å². The van der Waals surface area contributed by atoms with E-state index < -0.39 is 33.2 Å². The van der Waals surface area contributed by atoms with Crippen LogP contribution in [0.25, 0.3) is 0 Å². The van der Waals surface area contributed by atoms with Crippen molar-refractivity contribution in [1.29, 1.82) is 0 Å². The molecule has 10 heteroatoms. The van der Waals surface area contributed by atoms with Crippen LogP contribution in [0.1, 0.15) is 36.5 Å². The largest absolute Gasteiger partial charge is 0.495 e. The van der Waals surface area contributed by atoms with Gasteiger partial charge in [0.15, 0.2) is 9.84 Å². The number of nitrogens with one attached hydrogen (secondary N) is 2. The van der Waals surface area contributed by atoms with Crippen LogP contribution in [0.2, 0.25) is 5.02 Å². The molecule has 0 aliphatic rings. The number of halogens is 2. The Morgan fingerprint density at radius 1 is 1.10 bits per heavy atom. The van der Waals surface area contributed by atoms with Gasteiger partial charge in [0.05, 0.1) is 24.1 Å². The van der Waals surface area contributed by atoms with Crippen LogP contribution in [0.5, 0.6) is 5.75 Å². The summed E-state index contributed by atoms with van der Waals surface area (Å²) in [5.41, 5.74) is 0.200. The van der Waals surface area contributed by atoms with Gasteiger partial charge in [0.25, 0.3) is 5.91 Å². The Bertz CT molecular complexity index is 1060. The third kappa shape index (κ3) is 7.52. The van der Waals surface area contributed by atoms with E-state index in [2.05, 4.69) is 10.6 Å². The first kappa shape index (κ1) is 24.6. The Kier molecular flexibility index (Phi) is 8.82. The number of anilines is 2. The summed E-state index contributed by atoms with van der Waals surface area (Å²) in [6.07, 6.45) is 2.16. The monoisotopic (exact) mass is 470 g/mol. The lowest BCUT2D eigenvalue weighted by atomic mass is 10.2. The Labute approximate surface area is 185 Å². The molecule has 0 radical (unpaired) electrons. The normalized spacial score (nSPS) is 11.1. The van der Waals surface area contributed by atoms with Crippen molar-refractivity contribution in [2.24, 2.45) is 0 Å². The topological polar surface area (TPSA) is 102 Å². The van der Waals surface area contributed by atoms with Gasteiger partial charge in [0.2, 0.25) is 5.91 Å². The number of carbonyl (C=O) groups excluding carboxylic acids is 2. The lowest BCUT2D eigenvalue weighted by molar-refractivity contribution is -0.113. The number of ether oxygens (including phenoxy) is 1. The zero-order valence-corrected chi connectivity index (χ0v) is 18.8. The molecule has 168 valence electrons. The van der Waals surface area contributed by atoms with Gasteiger partial charge in [-0.15, -0.1) is 0 Å². The summed E-state index contributed by atoms with van der Waals surface area (Å²) in [5.74, 6) is -2.64. The molecule has 7 nitrogen and oxygen atoms in total. The highest BCUT2D eigenvalue weighted by molar-refractivity contribution is 7.92. The van der Waals surface area contributed by atoms with Crippen molar-refractivity contribution in [1.82, 2.24) is 0 Å². The summed E-state index contributed by atoms with van der Waals surface area (Å²) in [6, 6.07) is 8.03. The Hall–Kier alpha value is -2.65. The van der Waals surface area contributed by atoms with Gasteiger partial charge in [-0.1, -0.05) is 31.4 Å². The predicted molar refractivity (Wildman–Crippen MR) is 119 cm³/mol. The van der Waals surface area contributed by atoms with Crippen molar-refractivity contribution in [3.63, 3.8) is 0 Å². The van der Waals surface area contributed by atoms with Crippen LogP contribution in [0.4, 0.5) is 15.8 Å². The minimum atomic E-state index is -3.52. The average Bonchev–Trinajstić information content (AvgIpc) is 2.67. The molecule has 0 saturated heterocycles. The smallest absolute Gasteiger partial charge is 0.258 e. The SMILES string of the molecule is CCCCCS(=O)(=O)CC(=O)Nc1ccc(OC)c(NC(=O)c2ccc(Cl)cc2F)c1. The quantitative estimate of drug-likeness (QED) is 0.504. The molecule has 2 N–H and O–H groups in total. The lowest BCUT2D eigenvalue weighted by Gasteiger charge is -2.13. The van der Waals surface area contributed by atoms with Crippen LogP contribution in [-0.2, 0) is 14.6 Å². The van der Waals surface area contributed by atoms with E-state index in [1.54, 1.807) is 0 Å². The highest BCUT2D eigenvalue weighted by Gasteiger charge is 2.18. The number of sulfone groups is 1. The van der Waals surface area contributed by atoms with E-state index >= 15 is 0 Å². The average molecular weight is 471 g/mol.